The molecule has 2 rings (SSSR count). The summed E-state index contributed by atoms with van der Waals surface area (Å²) >= 11 is 0. The number of ketones is 1. The summed E-state index contributed by atoms with van der Waals surface area (Å²) in [6, 6.07) is 5.60. The summed E-state index contributed by atoms with van der Waals surface area (Å²) in [5.41, 5.74) is 5.04. The third-order valence-electron chi connectivity index (χ3n) is 5.11. The number of aromatic nitrogens is 2. The highest BCUT2D eigenvalue weighted by Crippen LogP contribution is 2.19. The standard InChI is InChI=1S/C22H27N3O3/c1-7-8-25-15(3)9-18(16(25)4)11-19(12-23)22(27)28-13-21(26)20-10-14(2)24(6)17(20)5/h9-11H,7-8,13H2,1-6H3/b19-11-. The zero-order chi connectivity index (χ0) is 21.0. The molecule has 0 aromatic carbocycles. The van der Waals surface area contributed by atoms with E-state index in [0.717, 1.165) is 41.3 Å². The Balaban J connectivity index is 2.15. The van der Waals surface area contributed by atoms with Crippen LogP contribution in [-0.2, 0) is 23.1 Å². The molecule has 2 aromatic heterocycles. The van der Waals surface area contributed by atoms with Crippen molar-refractivity contribution in [1.29, 1.82) is 5.26 Å². The molecule has 2 heterocycles. The Bertz CT molecular complexity index is 984. The molecule has 28 heavy (non-hydrogen) atoms. The first-order valence-electron chi connectivity index (χ1n) is 9.33. The third-order valence-corrected chi connectivity index (χ3v) is 5.11. The minimum atomic E-state index is -0.790. The first kappa shape index (κ1) is 21.2. The molecule has 0 N–H and O–H groups in total. The van der Waals surface area contributed by atoms with E-state index in [4.69, 9.17) is 4.74 Å². The van der Waals surface area contributed by atoms with Crippen LogP contribution in [0.3, 0.4) is 0 Å². The molecule has 0 aliphatic heterocycles. The SMILES string of the molecule is CCCn1c(C)cc(/C=C(/C#N)C(=O)OCC(=O)c2cc(C)n(C)c2C)c1C. The number of aryl methyl sites for hydroxylation is 2. The lowest BCUT2D eigenvalue weighted by atomic mass is 10.1. The molecule has 0 bridgehead atoms. The van der Waals surface area contributed by atoms with E-state index >= 15 is 0 Å². The zero-order valence-electron chi connectivity index (χ0n) is 17.4. The number of carbonyl (C=O) groups is 2. The maximum Gasteiger partial charge on any atom is 0.349 e. The van der Waals surface area contributed by atoms with Crippen LogP contribution in [-0.4, -0.2) is 27.5 Å². The van der Waals surface area contributed by atoms with Gasteiger partial charge in [-0.2, -0.15) is 5.26 Å². The van der Waals surface area contributed by atoms with Crippen LogP contribution in [0.15, 0.2) is 17.7 Å². The van der Waals surface area contributed by atoms with Gasteiger partial charge in [0.2, 0.25) is 5.78 Å². The zero-order valence-corrected chi connectivity index (χ0v) is 17.4. The van der Waals surface area contributed by atoms with E-state index in [1.165, 1.54) is 6.08 Å². The molecule has 0 unspecified atom stereocenters. The maximum absolute atomic E-state index is 12.4. The van der Waals surface area contributed by atoms with Gasteiger partial charge < -0.3 is 13.9 Å². The second kappa shape index (κ2) is 8.75. The number of Topliss-reactive ketones (excluding diaryl/α,β-unsaturated/α-hetero) is 1. The molecule has 6 heteroatoms. The Hall–Kier alpha value is -3.07. The summed E-state index contributed by atoms with van der Waals surface area (Å²) in [6.45, 7) is 10.3. The highest BCUT2D eigenvalue weighted by atomic mass is 16.5. The van der Waals surface area contributed by atoms with Gasteiger partial charge in [0.1, 0.15) is 11.6 Å². The van der Waals surface area contributed by atoms with Gasteiger partial charge in [0, 0.05) is 41.9 Å². The molecule has 0 saturated heterocycles. The fourth-order valence-corrected chi connectivity index (χ4v) is 3.26. The molecule has 6 nitrogen and oxygen atoms in total. The molecular formula is C22H27N3O3. The number of hydrogen-bond acceptors (Lipinski definition) is 4. The van der Waals surface area contributed by atoms with Gasteiger partial charge in [-0.3, -0.25) is 4.79 Å². The Morgan fingerprint density at radius 1 is 1.14 bits per heavy atom. The quantitative estimate of drug-likeness (QED) is 0.316. The molecule has 0 aliphatic rings. The van der Waals surface area contributed by atoms with Crippen molar-refractivity contribution in [3.63, 3.8) is 0 Å². The summed E-state index contributed by atoms with van der Waals surface area (Å²) in [6.07, 6.45) is 2.52. The second-order valence-electron chi connectivity index (χ2n) is 6.99. The van der Waals surface area contributed by atoms with E-state index in [1.54, 1.807) is 6.07 Å². The van der Waals surface area contributed by atoms with Gasteiger partial charge in [-0.1, -0.05) is 6.92 Å². The van der Waals surface area contributed by atoms with Gasteiger partial charge in [-0.25, -0.2) is 4.79 Å². The van der Waals surface area contributed by atoms with Crippen LogP contribution in [0.1, 0.15) is 52.0 Å². The minimum absolute atomic E-state index is 0.120. The van der Waals surface area contributed by atoms with Gasteiger partial charge in [-0.05, 0) is 57.9 Å². The highest BCUT2D eigenvalue weighted by Gasteiger charge is 2.18. The van der Waals surface area contributed by atoms with Gasteiger partial charge in [-0.15, -0.1) is 0 Å². The van der Waals surface area contributed by atoms with E-state index in [9.17, 15) is 14.9 Å². The molecule has 0 atom stereocenters. The summed E-state index contributed by atoms with van der Waals surface area (Å²) in [7, 11) is 1.87. The number of carbonyl (C=O) groups excluding carboxylic acids is 2. The van der Waals surface area contributed by atoms with Crippen LogP contribution >= 0.6 is 0 Å². The normalized spacial score (nSPS) is 11.4. The van der Waals surface area contributed by atoms with Crippen molar-refractivity contribution in [3.05, 3.63) is 51.6 Å². The number of nitrogens with zero attached hydrogens (tertiary/aromatic N) is 3. The first-order chi connectivity index (χ1) is 13.2. The van der Waals surface area contributed by atoms with E-state index in [-0.39, 0.29) is 11.4 Å². The molecule has 0 aliphatic carbocycles. The van der Waals surface area contributed by atoms with Crippen molar-refractivity contribution in [2.75, 3.05) is 6.61 Å². The molecule has 0 saturated carbocycles. The Labute approximate surface area is 166 Å². The Kier molecular flexibility index (Phi) is 6.63. The van der Waals surface area contributed by atoms with Crippen LogP contribution in [0.4, 0.5) is 0 Å². The van der Waals surface area contributed by atoms with Gasteiger partial charge in [0.25, 0.3) is 0 Å². The summed E-state index contributed by atoms with van der Waals surface area (Å²) < 4.78 is 9.17. The molecule has 0 radical (unpaired) electrons. The number of ether oxygens (including phenoxy) is 1. The topological polar surface area (TPSA) is 77.0 Å². The van der Waals surface area contributed by atoms with Gasteiger partial charge >= 0.3 is 5.97 Å². The van der Waals surface area contributed by atoms with Crippen molar-refractivity contribution >= 4 is 17.8 Å². The average molecular weight is 381 g/mol. The van der Waals surface area contributed by atoms with Crippen molar-refractivity contribution in [2.45, 2.75) is 47.6 Å². The summed E-state index contributed by atoms with van der Waals surface area (Å²) in [4.78, 5) is 24.7. The first-order valence-corrected chi connectivity index (χ1v) is 9.33. The number of nitriles is 1. The fourth-order valence-electron chi connectivity index (χ4n) is 3.26. The van der Waals surface area contributed by atoms with Crippen molar-refractivity contribution < 1.29 is 14.3 Å². The van der Waals surface area contributed by atoms with E-state index in [1.807, 2.05) is 51.4 Å². The van der Waals surface area contributed by atoms with E-state index in [0.29, 0.717) is 5.56 Å². The van der Waals surface area contributed by atoms with Crippen LogP contribution in [0.2, 0.25) is 0 Å². The molecule has 0 spiro atoms. The fraction of sp³-hybridized carbons (Fsp3) is 0.409. The largest absolute Gasteiger partial charge is 0.453 e. The molecule has 148 valence electrons. The summed E-state index contributed by atoms with van der Waals surface area (Å²) in [5.74, 6) is -1.07. The van der Waals surface area contributed by atoms with E-state index in [2.05, 4.69) is 11.5 Å². The number of hydrogen-bond donors (Lipinski definition) is 0. The highest BCUT2D eigenvalue weighted by molar-refractivity contribution is 6.02. The Morgan fingerprint density at radius 2 is 1.82 bits per heavy atom. The average Bonchev–Trinajstić information content (AvgIpc) is 3.08. The van der Waals surface area contributed by atoms with Crippen LogP contribution < -0.4 is 0 Å². The third kappa shape index (κ3) is 4.25. The van der Waals surface area contributed by atoms with Crippen molar-refractivity contribution in [1.82, 2.24) is 9.13 Å². The molecular weight excluding hydrogens is 354 g/mol. The second-order valence-corrected chi connectivity index (χ2v) is 6.99. The Morgan fingerprint density at radius 3 is 2.36 bits per heavy atom. The molecule has 2 aromatic rings. The van der Waals surface area contributed by atoms with Gasteiger partial charge in [0.05, 0.1) is 0 Å². The number of rotatable bonds is 7. The van der Waals surface area contributed by atoms with Crippen LogP contribution in [0.5, 0.6) is 0 Å². The minimum Gasteiger partial charge on any atom is -0.453 e. The lowest BCUT2D eigenvalue weighted by Gasteiger charge is -2.07. The van der Waals surface area contributed by atoms with Crippen LogP contribution in [0, 0.1) is 39.0 Å². The van der Waals surface area contributed by atoms with Crippen molar-refractivity contribution in [2.24, 2.45) is 7.05 Å². The molecule has 0 fully saturated rings. The smallest absolute Gasteiger partial charge is 0.349 e. The van der Waals surface area contributed by atoms with Gasteiger partial charge in [0.15, 0.2) is 6.61 Å². The monoisotopic (exact) mass is 381 g/mol. The predicted molar refractivity (Wildman–Crippen MR) is 108 cm³/mol. The maximum atomic E-state index is 12.4. The van der Waals surface area contributed by atoms with Crippen LogP contribution in [0.25, 0.3) is 6.08 Å². The van der Waals surface area contributed by atoms with E-state index < -0.39 is 12.6 Å². The number of esters is 1. The summed E-state index contributed by atoms with van der Waals surface area (Å²) in [5, 5.41) is 9.38. The lowest BCUT2D eigenvalue weighted by molar-refractivity contribution is -0.137. The predicted octanol–water partition coefficient (Wildman–Crippen LogP) is 3.80. The molecule has 0 amide bonds. The lowest BCUT2D eigenvalue weighted by Crippen LogP contribution is -2.15. The van der Waals surface area contributed by atoms with Crippen molar-refractivity contribution in [3.8, 4) is 6.07 Å².